The number of amides is 1. The largest absolute Gasteiger partial charge is 0.322 e. The number of thiophene rings is 1. The van der Waals surface area contributed by atoms with Gasteiger partial charge >= 0.3 is 0 Å². The molecule has 0 saturated heterocycles. The zero-order chi connectivity index (χ0) is 17.8. The maximum Gasteiger partial charge on any atom is 0.238 e. The fourth-order valence-electron chi connectivity index (χ4n) is 2.82. The zero-order valence-corrected chi connectivity index (χ0v) is 15.4. The quantitative estimate of drug-likeness (QED) is 0.713. The van der Waals surface area contributed by atoms with Crippen molar-refractivity contribution in [3.05, 3.63) is 69.7 Å². The third-order valence-electron chi connectivity index (χ3n) is 4.20. The van der Waals surface area contributed by atoms with E-state index in [1.54, 1.807) is 16.0 Å². The molecule has 2 N–H and O–H groups in total. The Hall–Kier alpha value is -2.44. The van der Waals surface area contributed by atoms with Crippen molar-refractivity contribution >= 4 is 22.9 Å². The Morgan fingerprint density at radius 1 is 1.20 bits per heavy atom. The Morgan fingerprint density at radius 2 is 1.96 bits per heavy atom. The van der Waals surface area contributed by atoms with E-state index >= 15 is 0 Å². The highest BCUT2D eigenvalue weighted by Crippen LogP contribution is 2.25. The number of aryl methyl sites for hydroxylation is 2. The van der Waals surface area contributed by atoms with Crippen LogP contribution in [-0.2, 0) is 11.8 Å². The molecule has 130 valence electrons. The molecule has 1 amide bonds. The maximum atomic E-state index is 12.4. The Balaban J connectivity index is 1.70. The van der Waals surface area contributed by atoms with E-state index in [1.807, 2.05) is 45.2 Å². The van der Waals surface area contributed by atoms with Gasteiger partial charge < -0.3 is 5.32 Å². The molecule has 0 aliphatic carbocycles. The highest BCUT2D eigenvalue weighted by Gasteiger charge is 2.17. The standard InChI is InChI=1S/C19H22N4OS/c1-13-18(14(2)23(3)22-13)21-17(24)12-20-19(16-10-7-11-25-16)15-8-5-4-6-9-15/h4-11,19-20H,12H2,1-3H3,(H,21,24)/t19-/m1/s1. The minimum Gasteiger partial charge on any atom is -0.322 e. The van der Waals surface area contributed by atoms with Gasteiger partial charge in [-0.1, -0.05) is 36.4 Å². The third-order valence-corrected chi connectivity index (χ3v) is 5.14. The third kappa shape index (κ3) is 3.97. The number of rotatable bonds is 6. The van der Waals surface area contributed by atoms with E-state index in [2.05, 4.69) is 39.3 Å². The van der Waals surface area contributed by atoms with Gasteiger partial charge in [-0.3, -0.25) is 14.8 Å². The van der Waals surface area contributed by atoms with Gasteiger partial charge in [0.1, 0.15) is 0 Å². The van der Waals surface area contributed by atoms with Gasteiger partial charge in [-0.05, 0) is 30.9 Å². The predicted molar refractivity (Wildman–Crippen MR) is 102 cm³/mol. The molecule has 0 aliphatic heterocycles. The number of nitrogens with one attached hydrogen (secondary N) is 2. The lowest BCUT2D eigenvalue weighted by molar-refractivity contribution is -0.115. The van der Waals surface area contributed by atoms with Crippen LogP contribution >= 0.6 is 11.3 Å². The van der Waals surface area contributed by atoms with Gasteiger partial charge in [-0.2, -0.15) is 5.10 Å². The molecule has 0 radical (unpaired) electrons. The fraction of sp³-hybridized carbons (Fsp3) is 0.263. The number of aromatic nitrogens is 2. The molecule has 5 nitrogen and oxygen atoms in total. The topological polar surface area (TPSA) is 59.0 Å². The summed E-state index contributed by atoms with van der Waals surface area (Å²) in [6, 6.07) is 14.3. The van der Waals surface area contributed by atoms with Gasteiger partial charge in [0.15, 0.2) is 0 Å². The Kier molecular flexibility index (Phi) is 5.31. The second-order valence-electron chi connectivity index (χ2n) is 5.96. The molecule has 25 heavy (non-hydrogen) atoms. The van der Waals surface area contributed by atoms with Crippen molar-refractivity contribution in [1.82, 2.24) is 15.1 Å². The average Bonchev–Trinajstić information content (AvgIpc) is 3.21. The van der Waals surface area contributed by atoms with E-state index in [9.17, 15) is 4.79 Å². The minimum atomic E-state index is -0.0725. The van der Waals surface area contributed by atoms with Crippen molar-refractivity contribution in [2.24, 2.45) is 7.05 Å². The minimum absolute atomic E-state index is 0.00282. The van der Waals surface area contributed by atoms with Crippen LogP contribution < -0.4 is 10.6 Å². The van der Waals surface area contributed by atoms with Crippen molar-refractivity contribution < 1.29 is 4.79 Å². The Morgan fingerprint density at radius 3 is 2.56 bits per heavy atom. The summed E-state index contributed by atoms with van der Waals surface area (Å²) >= 11 is 1.68. The molecule has 0 fully saturated rings. The van der Waals surface area contributed by atoms with Crippen LogP contribution in [0.15, 0.2) is 47.8 Å². The number of nitrogens with zero attached hydrogens (tertiary/aromatic N) is 2. The summed E-state index contributed by atoms with van der Waals surface area (Å²) in [7, 11) is 1.87. The van der Waals surface area contributed by atoms with E-state index < -0.39 is 0 Å². The highest BCUT2D eigenvalue weighted by atomic mass is 32.1. The van der Waals surface area contributed by atoms with Crippen LogP contribution in [0.4, 0.5) is 5.69 Å². The monoisotopic (exact) mass is 354 g/mol. The van der Waals surface area contributed by atoms with Crippen LogP contribution in [0.2, 0.25) is 0 Å². The van der Waals surface area contributed by atoms with Gasteiger partial charge in [-0.25, -0.2) is 0 Å². The van der Waals surface area contributed by atoms with Crippen molar-refractivity contribution in [3.63, 3.8) is 0 Å². The first-order valence-electron chi connectivity index (χ1n) is 8.18. The van der Waals surface area contributed by atoms with Crippen LogP contribution in [0.1, 0.15) is 27.9 Å². The molecule has 1 aromatic carbocycles. The van der Waals surface area contributed by atoms with Crippen LogP contribution in [-0.4, -0.2) is 22.2 Å². The summed E-state index contributed by atoms with van der Waals surface area (Å²) < 4.78 is 1.77. The number of hydrogen-bond donors (Lipinski definition) is 2. The molecule has 2 heterocycles. The SMILES string of the molecule is Cc1nn(C)c(C)c1NC(=O)CN[C@H](c1ccccc1)c1cccs1. The first kappa shape index (κ1) is 17.4. The summed E-state index contributed by atoms with van der Waals surface area (Å²) in [6.07, 6.45) is 0. The lowest BCUT2D eigenvalue weighted by Gasteiger charge is -2.18. The lowest BCUT2D eigenvalue weighted by Crippen LogP contribution is -2.31. The molecule has 0 spiro atoms. The molecule has 1 atom stereocenters. The van der Waals surface area contributed by atoms with Gasteiger partial charge in [-0.15, -0.1) is 11.3 Å². The molecular weight excluding hydrogens is 332 g/mol. The first-order chi connectivity index (χ1) is 12.1. The molecule has 0 saturated carbocycles. The summed E-state index contributed by atoms with van der Waals surface area (Å²) in [6.45, 7) is 4.07. The van der Waals surface area contributed by atoms with E-state index in [-0.39, 0.29) is 18.5 Å². The molecule has 3 aromatic rings. The van der Waals surface area contributed by atoms with Crippen molar-refractivity contribution in [3.8, 4) is 0 Å². The normalized spacial score (nSPS) is 12.1. The molecule has 0 unspecified atom stereocenters. The summed E-state index contributed by atoms with van der Waals surface area (Å²) in [5.74, 6) is -0.0725. The number of anilines is 1. The van der Waals surface area contributed by atoms with Crippen LogP contribution in [0.25, 0.3) is 0 Å². The molecular formula is C19H22N4OS. The van der Waals surface area contributed by atoms with Crippen molar-refractivity contribution in [1.29, 1.82) is 0 Å². The molecule has 0 bridgehead atoms. The summed E-state index contributed by atoms with van der Waals surface area (Å²) in [4.78, 5) is 13.6. The Labute approximate surface area is 151 Å². The van der Waals surface area contributed by atoms with Crippen LogP contribution in [0.5, 0.6) is 0 Å². The van der Waals surface area contributed by atoms with Crippen molar-refractivity contribution in [2.75, 3.05) is 11.9 Å². The maximum absolute atomic E-state index is 12.4. The van der Waals surface area contributed by atoms with E-state index in [1.165, 1.54) is 4.88 Å². The van der Waals surface area contributed by atoms with E-state index in [4.69, 9.17) is 0 Å². The average molecular weight is 354 g/mol. The number of carbonyl (C=O) groups is 1. The molecule has 0 aliphatic rings. The molecule has 2 aromatic heterocycles. The number of hydrogen-bond acceptors (Lipinski definition) is 4. The van der Waals surface area contributed by atoms with Gasteiger partial charge in [0.05, 0.1) is 29.7 Å². The van der Waals surface area contributed by atoms with E-state index in [0.717, 1.165) is 22.6 Å². The summed E-state index contributed by atoms with van der Waals surface area (Å²) in [5.41, 5.74) is 3.71. The van der Waals surface area contributed by atoms with E-state index in [0.29, 0.717) is 0 Å². The van der Waals surface area contributed by atoms with Gasteiger partial charge in [0.25, 0.3) is 0 Å². The van der Waals surface area contributed by atoms with Crippen molar-refractivity contribution in [2.45, 2.75) is 19.9 Å². The number of benzene rings is 1. The highest BCUT2D eigenvalue weighted by molar-refractivity contribution is 7.10. The predicted octanol–water partition coefficient (Wildman–Crippen LogP) is 3.42. The second kappa shape index (κ2) is 7.63. The van der Waals surface area contributed by atoms with Crippen LogP contribution in [0.3, 0.4) is 0 Å². The zero-order valence-electron chi connectivity index (χ0n) is 14.6. The van der Waals surface area contributed by atoms with Gasteiger partial charge in [0, 0.05) is 11.9 Å². The Bertz CT molecular complexity index is 840. The lowest BCUT2D eigenvalue weighted by atomic mass is 10.1. The number of carbonyl (C=O) groups excluding carboxylic acids is 1. The second-order valence-corrected chi connectivity index (χ2v) is 6.94. The smallest absolute Gasteiger partial charge is 0.238 e. The molecule has 3 rings (SSSR count). The van der Waals surface area contributed by atoms with Crippen LogP contribution in [0, 0.1) is 13.8 Å². The first-order valence-corrected chi connectivity index (χ1v) is 9.06. The fourth-order valence-corrected chi connectivity index (χ4v) is 3.64. The summed E-state index contributed by atoms with van der Waals surface area (Å²) in [5, 5.41) is 12.7. The van der Waals surface area contributed by atoms with Gasteiger partial charge in [0.2, 0.25) is 5.91 Å². The molecule has 6 heteroatoms.